The molecule has 0 saturated heterocycles. The lowest BCUT2D eigenvalue weighted by atomic mass is 10.3. The Kier molecular flexibility index (Phi) is 4.73. The van der Waals surface area contributed by atoms with Gasteiger partial charge < -0.3 is 4.74 Å². The van der Waals surface area contributed by atoms with Crippen LogP contribution < -0.4 is 15.6 Å². The zero-order valence-electron chi connectivity index (χ0n) is 10.8. The number of nitrogens with one attached hydrogen (secondary N) is 2. The van der Waals surface area contributed by atoms with E-state index in [2.05, 4.69) is 10.9 Å². The van der Waals surface area contributed by atoms with Crippen LogP contribution in [0.25, 0.3) is 0 Å². The van der Waals surface area contributed by atoms with Gasteiger partial charge in [-0.1, -0.05) is 23.2 Å². The normalized spacial score (nSPS) is 15.3. The molecule has 2 rings (SSSR count). The van der Waals surface area contributed by atoms with Crippen LogP contribution in [-0.2, 0) is 9.59 Å². The maximum atomic E-state index is 11.8. The summed E-state index contributed by atoms with van der Waals surface area (Å²) in [5, 5.41) is 0.801. The van der Waals surface area contributed by atoms with E-state index in [1.165, 1.54) is 6.07 Å². The molecule has 1 aliphatic carbocycles. The predicted molar refractivity (Wildman–Crippen MR) is 75.6 cm³/mol. The number of hydrogen-bond acceptors (Lipinski definition) is 3. The van der Waals surface area contributed by atoms with Crippen molar-refractivity contribution < 1.29 is 14.3 Å². The third kappa shape index (κ3) is 4.02. The van der Waals surface area contributed by atoms with Crippen molar-refractivity contribution in [3.63, 3.8) is 0 Å². The number of carbonyl (C=O) groups excluding carboxylic acids is 2. The van der Waals surface area contributed by atoms with Crippen molar-refractivity contribution in [1.82, 2.24) is 10.9 Å². The molecule has 2 amide bonds. The first-order valence-corrected chi connectivity index (χ1v) is 6.94. The van der Waals surface area contributed by atoms with E-state index in [9.17, 15) is 9.59 Å². The van der Waals surface area contributed by atoms with Crippen LogP contribution in [0.15, 0.2) is 18.2 Å². The van der Waals surface area contributed by atoms with Gasteiger partial charge in [0.05, 0.1) is 5.02 Å². The summed E-state index contributed by atoms with van der Waals surface area (Å²) in [6, 6.07) is 4.72. The second-order valence-electron chi connectivity index (χ2n) is 4.59. The molecule has 1 aromatic rings. The van der Waals surface area contributed by atoms with E-state index in [0.717, 1.165) is 12.8 Å². The van der Waals surface area contributed by atoms with E-state index < -0.39 is 12.0 Å². The molecule has 1 aromatic carbocycles. The number of hydrogen-bond donors (Lipinski definition) is 2. The zero-order valence-corrected chi connectivity index (χ0v) is 12.3. The Morgan fingerprint density at radius 2 is 2.00 bits per heavy atom. The highest BCUT2D eigenvalue weighted by atomic mass is 35.5. The van der Waals surface area contributed by atoms with Gasteiger partial charge in [0, 0.05) is 10.9 Å². The highest BCUT2D eigenvalue weighted by molar-refractivity contribution is 6.35. The molecule has 0 bridgehead atoms. The van der Waals surface area contributed by atoms with E-state index in [4.69, 9.17) is 27.9 Å². The number of hydrazine groups is 1. The Balaban J connectivity index is 1.85. The maximum Gasteiger partial charge on any atom is 0.279 e. The summed E-state index contributed by atoms with van der Waals surface area (Å²) in [7, 11) is 0. The van der Waals surface area contributed by atoms with E-state index >= 15 is 0 Å². The van der Waals surface area contributed by atoms with Crippen molar-refractivity contribution in [2.75, 3.05) is 0 Å². The molecule has 5 nitrogen and oxygen atoms in total. The van der Waals surface area contributed by atoms with Crippen LogP contribution in [-0.4, -0.2) is 17.9 Å². The van der Waals surface area contributed by atoms with Gasteiger partial charge in [-0.2, -0.15) is 0 Å². The lowest BCUT2D eigenvalue weighted by Gasteiger charge is -2.16. The summed E-state index contributed by atoms with van der Waals surface area (Å²) in [4.78, 5) is 23.1. The van der Waals surface area contributed by atoms with Crippen LogP contribution in [0, 0.1) is 5.92 Å². The summed E-state index contributed by atoms with van der Waals surface area (Å²) >= 11 is 11.7. The molecular weight excluding hydrogens is 303 g/mol. The van der Waals surface area contributed by atoms with Gasteiger partial charge in [0.2, 0.25) is 5.91 Å². The minimum Gasteiger partial charge on any atom is -0.479 e. The molecule has 0 heterocycles. The van der Waals surface area contributed by atoms with Gasteiger partial charge in [-0.3, -0.25) is 20.4 Å². The first-order valence-electron chi connectivity index (χ1n) is 6.19. The molecule has 1 fully saturated rings. The molecule has 0 spiro atoms. The van der Waals surface area contributed by atoms with Gasteiger partial charge in [0.1, 0.15) is 5.75 Å². The maximum absolute atomic E-state index is 11.8. The molecule has 0 aromatic heterocycles. The standard InChI is InChI=1S/C13H14Cl2N2O3/c1-7(12(18)16-17-13(19)8-2-3-8)20-11-5-4-9(14)6-10(11)15/h4-8H,2-3H2,1H3,(H,16,18)(H,17,19). The lowest BCUT2D eigenvalue weighted by Crippen LogP contribution is -2.47. The van der Waals surface area contributed by atoms with Crippen molar-refractivity contribution in [1.29, 1.82) is 0 Å². The fraction of sp³-hybridized carbons (Fsp3) is 0.385. The van der Waals surface area contributed by atoms with E-state index in [1.807, 2.05) is 0 Å². The predicted octanol–water partition coefficient (Wildman–Crippen LogP) is 2.32. The number of rotatable bonds is 4. The first-order chi connectivity index (χ1) is 9.47. The summed E-state index contributed by atoms with van der Waals surface area (Å²) in [5.74, 6) is -0.246. The molecule has 0 radical (unpaired) electrons. The number of carbonyl (C=O) groups is 2. The number of halogens is 2. The van der Waals surface area contributed by atoms with Crippen LogP contribution in [0.1, 0.15) is 19.8 Å². The molecule has 1 atom stereocenters. The average Bonchev–Trinajstić information content (AvgIpc) is 3.23. The summed E-state index contributed by atoms with van der Waals surface area (Å²) in [6.45, 7) is 1.56. The smallest absolute Gasteiger partial charge is 0.279 e. The van der Waals surface area contributed by atoms with Gasteiger partial charge in [0.15, 0.2) is 6.10 Å². The van der Waals surface area contributed by atoms with Gasteiger partial charge >= 0.3 is 0 Å². The Morgan fingerprint density at radius 3 is 2.60 bits per heavy atom. The topological polar surface area (TPSA) is 67.4 Å². The van der Waals surface area contributed by atoms with Gasteiger partial charge in [0.25, 0.3) is 5.91 Å². The quantitative estimate of drug-likeness (QED) is 0.838. The van der Waals surface area contributed by atoms with E-state index in [1.54, 1.807) is 19.1 Å². The number of benzene rings is 1. The molecular formula is C13H14Cl2N2O3. The fourth-order valence-corrected chi connectivity index (χ4v) is 1.94. The van der Waals surface area contributed by atoms with Gasteiger partial charge in [-0.05, 0) is 38.0 Å². The second kappa shape index (κ2) is 6.33. The molecule has 1 saturated carbocycles. The van der Waals surface area contributed by atoms with Crippen molar-refractivity contribution in [2.45, 2.75) is 25.9 Å². The van der Waals surface area contributed by atoms with Gasteiger partial charge in [-0.25, -0.2) is 0 Å². The number of ether oxygens (including phenoxy) is 1. The Bertz CT molecular complexity index is 532. The Hall–Kier alpha value is -1.46. The van der Waals surface area contributed by atoms with Crippen LogP contribution >= 0.6 is 23.2 Å². The highest BCUT2D eigenvalue weighted by Gasteiger charge is 2.30. The lowest BCUT2D eigenvalue weighted by molar-refractivity contribution is -0.133. The van der Waals surface area contributed by atoms with E-state index in [-0.39, 0.29) is 11.8 Å². The third-order valence-corrected chi connectivity index (χ3v) is 3.35. The minimum atomic E-state index is -0.798. The molecule has 1 unspecified atom stereocenters. The molecule has 20 heavy (non-hydrogen) atoms. The zero-order chi connectivity index (χ0) is 14.7. The first kappa shape index (κ1) is 14.9. The monoisotopic (exact) mass is 316 g/mol. The van der Waals surface area contributed by atoms with Crippen molar-refractivity contribution in [2.24, 2.45) is 5.92 Å². The second-order valence-corrected chi connectivity index (χ2v) is 5.43. The van der Waals surface area contributed by atoms with Crippen molar-refractivity contribution in [3.8, 4) is 5.75 Å². The van der Waals surface area contributed by atoms with Crippen LogP contribution in [0.3, 0.4) is 0 Å². The number of amides is 2. The van der Waals surface area contributed by atoms with Crippen LogP contribution in [0.5, 0.6) is 5.75 Å². The Labute approximate surface area is 126 Å². The minimum absolute atomic E-state index is 0.0252. The summed E-state index contributed by atoms with van der Waals surface area (Å²) in [6.07, 6.45) is 0.940. The molecule has 0 aliphatic heterocycles. The molecule has 1 aliphatic rings. The highest BCUT2D eigenvalue weighted by Crippen LogP contribution is 2.29. The average molecular weight is 317 g/mol. The van der Waals surface area contributed by atoms with E-state index in [0.29, 0.717) is 15.8 Å². The summed E-state index contributed by atoms with van der Waals surface area (Å²) in [5.41, 5.74) is 4.68. The van der Waals surface area contributed by atoms with Crippen molar-refractivity contribution >= 4 is 35.0 Å². The SMILES string of the molecule is CC(Oc1ccc(Cl)cc1Cl)C(=O)NNC(=O)C1CC1. The molecule has 7 heteroatoms. The molecule has 2 N–H and O–H groups in total. The van der Waals surface area contributed by atoms with Crippen LogP contribution in [0.4, 0.5) is 0 Å². The molecule has 108 valence electrons. The largest absolute Gasteiger partial charge is 0.479 e. The fourth-order valence-electron chi connectivity index (χ4n) is 1.49. The Morgan fingerprint density at radius 1 is 1.30 bits per heavy atom. The third-order valence-electron chi connectivity index (χ3n) is 2.82. The summed E-state index contributed by atoms with van der Waals surface area (Å²) < 4.78 is 5.42. The van der Waals surface area contributed by atoms with Crippen molar-refractivity contribution in [3.05, 3.63) is 28.2 Å². The van der Waals surface area contributed by atoms with Crippen LogP contribution in [0.2, 0.25) is 10.0 Å². The van der Waals surface area contributed by atoms with Gasteiger partial charge in [-0.15, -0.1) is 0 Å².